The first-order chi connectivity index (χ1) is 11.0. The molecular weight excluding hydrogens is 319 g/mol. The summed E-state index contributed by atoms with van der Waals surface area (Å²) in [6.07, 6.45) is 3.45. The van der Waals surface area contributed by atoms with E-state index in [-0.39, 0.29) is 23.2 Å². The lowest BCUT2D eigenvalue weighted by Crippen LogP contribution is -2.40. The van der Waals surface area contributed by atoms with Gasteiger partial charge in [0.25, 0.3) is 11.1 Å². The molecular formula is C16H15FN2O3S. The molecule has 23 heavy (non-hydrogen) atoms. The van der Waals surface area contributed by atoms with Crippen molar-refractivity contribution in [2.24, 2.45) is 0 Å². The van der Waals surface area contributed by atoms with Crippen molar-refractivity contribution in [2.75, 3.05) is 19.6 Å². The van der Waals surface area contributed by atoms with Gasteiger partial charge in [0.05, 0.1) is 4.91 Å². The summed E-state index contributed by atoms with van der Waals surface area (Å²) in [5, 5.41) is -0.448. The zero-order chi connectivity index (χ0) is 16.4. The summed E-state index contributed by atoms with van der Waals surface area (Å²) in [5.41, 5.74) is 0.628. The molecule has 0 atom stereocenters. The topological polar surface area (TPSA) is 57.7 Å². The van der Waals surface area contributed by atoms with Crippen molar-refractivity contribution in [3.63, 3.8) is 0 Å². The van der Waals surface area contributed by atoms with E-state index in [9.17, 15) is 18.8 Å². The Balaban J connectivity index is 1.71. The van der Waals surface area contributed by atoms with Crippen LogP contribution < -0.4 is 0 Å². The van der Waals surface area contributed by atoms with E-state index < -0.39 is 11.1 Å². The Hall–Kier alpha value is -2.15. The molecule has 0 N–H and O–H groups in total. The van der Waals surface area contributed by atoms with Crippen LogP contribution in [-0.2, 0) is 9.59 Å². The third kappa shape index (κ3) is 3.44. The summed E-state index contributed by atoms with van der Waals surface area (Å²) in [5.74, 6) is -1.05. The quantitative estimate of drug-likeness (QED) is 0.797. The molecule has 0 aliphatic carbocycles. The fourth-order valence-corrected chi connectivity index (χ4v) is 3.39. The number of amides is 3. The molecule has 0 radical (unpaired) electrons. The van der Waals surface area contributed by atoms with Crippen molar-refractivity contribution >= 4 is 34.9 Å². The second-order valence-corrected chi connectivity index (χ2v) is 6.40. The lowest BCUT2D eigenvalue weighted by atomic mass is 10.2. The van der Waals surface area contributed by atoms with Crippen LogP contribution in [0.4, 0.5) is 9.18 Å². The SMILES string of the molecule is O=C(CN1C(=O)SC(=Cc2ccc(F)cc2)C1=O)N1CCCC1. The number of carbonyl (C=O) groups is 3. The van der Waals surface area contributed by atoms with Crippen molar-refractivity contribution in [1.29, 1.82) is 0 Å². The molecule has 0 spiro atoms. The molecule has 2 fully saturated rings. The lowest BCUT2D eigenvalue weighted by molar-refractivity contribution is -0.135. The van der Waals surface area contributed by atoms with Crippen molar-refractivity contribution in [3.05, 3.63) is 40.6 Å². The van der Waals surface area contributed by atoms with E-state index in [4.69, 9.17) is 0 Å². The maximum atomic E-state index is 12.9. The van der Waals surface area contributed by atoms with Gasteiger partial charge in [0.1, 0.15) is 12.4 Å². The van der Waals surface area contributed by atoms with E-state index in [0.717, 1.165) is 29.5 Å². The summed E-state index contributed by atoms with van der Waals surface area (Å²) in [7, 11) is 0. The van der Waals surface area contributed by atoms with Gasteiger partial charge in [-0.25, -0.2) is 4.39 Å². The molecule has 120 valence electrons. The first kappa shape index (κ1) is 15.7. The van der Waals surface area contributed by atoms with Crippen LogP contribution in [-0.4, -0.2) is 46.5 Å². The second-order valence-electron chi connectivity index (χ2n) is 5.41. The van der Waals surface area contributed by atoms with E-state index in [1.807, 2.05) is 0 Å². The molecule has 3 rings (SSSR count). The molecule has 0 saturated carbocycles. The summed E-state index contributed by atoms with van der Waals surface area (Å²) >= 11 is 0.799. The van der Waals surface area contributed by atoms with Gasteiger partial charge in [0.15, 0.2) is 0 Å². The van der Waals surface area contributed by atoms with Crippen LogP contribution in [0.15, 0.2) is 29.2 Å². The van der Waals surface area contributed by atoms with Crippen LogP contribution >= 0.6 is 11.8 Å². The van der Waals surface area contributed by atoms with Crippen LogP contribution in [0.5, 0.6) is 0 Å². The Labute approximate surface area is 137 Å². The second kappa shape index (κ2) is 6.54. The van der Waals surface area contributed by atoms with E-state index in [1.165, 1.54) is 30.3 Å². The number of rotatable bonds is 3. The summed E-state index contributed by atoms with van der Waals surface area (Å²) in [6.45, 7) is 1.15. The molecule has 5 nitrogen and oxygen atoms in total. The molecule has 0 bridgehead atoms. The van der Waals surface area contributed by atoms with Gasteiger partial charge in [-0.1, -0.05) is 12.1 Å². The maximum absolute atomic E-state index is 12.9. The van der Waals surface area contributed by atoms with Crippen LogP contribution in [0, 0.1) is 5.82 Å². The van der Waals surface area contributed by atoms with Gasteiger partial charge in [-0.3, -0.25) is 19.3 Å². The Morgan fingerprint density at radius 1 is 1.17 bits per heavy atom. The normalized spacial score (nSPS) is 20.0. The summed E-state index contributed by atoms with van der Waals surface area (Å²) in [4.78, 5) is 39.3. The van der Waals surface area contributed by atoms with E-state index in [1.54, 1.807) is 4.90 Å². The van der Waals surface area contributed by atoms with E-state index in [2.05, 4.69) is 0 Å². The zero-order valence-corrected chi connectivity index (χ0v) is 13.1. The highest BCUT2D eigenvalue weighted by molar-refractivity contribution is 8.18. The minimum atomic E-state index is -0.475. The number of carbonyl (C=O) groups excluding carboxylic acids is 3. The fraction of sp³-hybridized carbons (Fsp3) is 0.312. The molecule has 3 amide bonds. The maximum Gasteiger partial charge on any atom is 0.294 e. The Morgan fingerprint density at radius 3 is 2.48 bits per heavy atom. The Kier molecular flexibility index (Phi) is 4.47. The number of hydrogen-bond acceptors (Lipinski definition) is 4. The van der Waals surface area contributed by atoms with Gasteiger partial charge in [-0.2, -0.15) is 0 Å². The Morgan fingerprint density at radius 2 is 1.83 bits per heavy atom. The molecule has 1 aromatic rings. The molecule has 2 aliphatic heterocycles. The standard InChI is InChI=1S/C16H15FN2O3S/c17-12-5-3-11(4-6-12)9-13-15(21)19(16(22)23-13)10-14(20)18-7-1-2-8-18/h3-6,9H,1-2,7-8,10H2. The molecule has 0 aromatic heterocycles. The molecule has 2 saturated heterocycles. The van der Waals surface area contributed by atoms with Gasteiger partial charge < -0.3 is 4.90 Å². The fourth-order valence-electron chi connectivity index (χ4n) is 2.55. The zero-order valence-electron chi connectivity index (χ0n) is 12.3. The summed E-state index contributed by atoms with van der Waals surface area (Å²) < 4.78 is 12.9. The van der Waals surface area contributed by atoms with Gasteiger partial charge >= 0.3 is 0 Å². The molecule has 7 heteroatoms. The lowest BCUT2D eigenvalue weighted by Gasteiger charge is -2.18. The highest BCUT2D eigenvalue weighted by Crippen LogP contribution is 2.32. The largest absolute Gasteiger partial charge is 0.341 e. The molecule has 2 heterocycles. The third-order valence-corrected chi connectivity index (χ3v) is 4.70. The minimum Gasteiger partial charge on any atom is -0.341 e. The average molecular weight is 334 g/mol. The van der Waals surface area contributed by atoms with Crippen LogP contribution in [0.1, 0.15) is 18.4 Å². The smallest absolute Gasteiger partial charge is 0.294 e. The number of imide groups is 1. The van der Waals surface area contributed by atoms with Crippen molar-refractivity contribution < 1.29 is 18.8 Å². The first-order valence-corrected chi connectivity index (χ1v) is 8.15. The Bertz CT molecular complexity index is 681. The molecule has 2 aliphatic rings. The number of thioether (sulfide) groups is 1. The van der Waals surface area contributed by atoms with Crippen molar-refractivity contribution in [1.82, 2.24) is 9.80 Å². The summed E-state index contributed by atoms with van der Waals surface area (Å²) in [6, 6.07) is 5.62. The number of halogens is 1. The van der Waals surface area contributed by atoms with E-state index in [0.29, 0.717) is 18.7 Å². The average Bonchev–Trinajstić information content (AvgIpc) is 3.14. The molecule has 1 aromatic carbocycles. The number of likely N-dealkylation sites (tertiary alicyclic amines) is 1. The van der Waals surface area contributed by atoms with Crippen LogP contribution in [0.3, 0.4) is 0 Å². The highest BCUT2D eigenvalue weighted by atomic mass is 32.2. The van der Waals surface area contributed by atoms with Crippen LogP contribution in [0.25, 0.3) is 6.08 Å². The van der Waals surface area contributed by atoms with Gasteiger partial charge in [0, 0.05) is 13.1 Å². The van der Waals surface area contributed by atoms with Crippen LogP contribution in [0.2, 0.25) is 0 Å². The monoisotopic (exact) mass is 334 g/mol. The van der Waals surface area contributed by atoms with Gasteiger partial charge in [-0.05, 0) is 48.4 Å². The van der Waals surface area contributed by atoms with E-state index >= 15 is 0 Å². The predicted octanol–water partition coefficient (Wildman–Crippen LogP) is 2.48. The van der Waals surface area contributed by atoms with Gasteiger partial charge in [-0.15, -0.1) is 0 Å². The highest BCUT2D eigenvalue weighted by Gasteiger charge is 2.37. The van der Waals surface area contributed by atoms with Crippen molar-refractivity contribution in [2.45, 2.75) is 12.8 Å². The van der Waals surface area contributed by atoms with Gasteiger partial charge in [0.2, 0.25) is 5.91 Å². The number of nitrogens with zero attached hydrogens (tertiary/aromatic N) is 2. The predicted molar refractivity (Wildman–Crippen MR) is 84.9 cm³/mol. The van der Waals surface area contributed by atoms with Crippen molar-refractivity contribution in [3.8, 4) is 0 Å². The third-order valence-electron chi connectivity index (χ3n) is 3.79. The first-order valence-electron chi connectivity index (χ1n) is 7.33. The number of hydrogen-bond donors (Lipinski definition) is 0. The number of benzene rings is 1. The minimum absolute atomic E-state index is 0.201. The molecule has 0 unspecified atom stereocenters.